The van der Waals surface area contributed by atoms with Crippen molar-refractivity contribution >= 4 is 5.91 Å². The number of allylic oxidation sites excluding steroid dienone is 2. The molecule has 1 fully saturated rings. The maximum Gasteiger partial charge on any atom is 0.240 e. The molecule has 0 aromatic rings. The van der Waals surface area contributed by atoms with Crippen LogP contribution in [0.5, 0.6) is 0 Å². The topological polar surface area (TPSA) is 35.6 Å². The zero-order valence-corrected chi connectivity index (χ0v) is 13.9. The number of nitrogens with one attached hydrogen (secondary N) is 1. The lowest BCUT2D eigenvalue weighted by Gasteiger charge is -2.29. The molecule has 1 atom stereocenters. The van der Waals surface area contributed by atoms with Crippen molar-refractivity contribution in [3.8, 4) is 0 Å². The smallest absolute Gasteiger partial charge is 0.240 e. The van der Waals surface area contributed by atoms with Crippen molar-refractivity contribution in [2.75, 3.05) is 33.2 Å². The Bertz CT molecular complexity index is 372. The monoisotopic (exact) mass is 293 g/mol. The minimum absolute atomic E-state index is 0.238. The molecule has 1 aliphatic carbocycles. The van der Waals surface area contributed by atoms with Crippen LogP contribution in [0.1, 0.15) is 46.0 Å². The Morgan fingerprint density at radius 1 is 1.43 bits per heavy atom. The third-order valence-corrected chi connectivity index (χ3v) is 4.45. The van der Waals surface area contributed by atoms with Crippen LogP contribution in [-0.4, -0.2) is 55.0 Å². The second-order valence-electron chi connectivity index (χ2n) is 6.92. The van der Waals surface area contributed by atoms with Gasteiger partial charge < -0.3 is 10.2 Å². The Hall–Kier alpha value is -0.870. The summed E-state index contributed by atoms with van der Waals surface area (Å²) >= 11 is 0. The largest absolute Gasteiger partial charge is 0.318 e. The molecule has 0 aromatic carbocycles. The molecule has 2 aliphatic rings. The third kappa shape index (κ3) is 5.11. The van der Waals surface area contributed by atoms with Crippen LogP contribution in [-0.2, 0) is 4.79 Å². The van der Waals surface area contributed by atoms with Crippen molar-refractivity contribution in [3.05, 3.63) is 11.8 Å². The highest BCUT2D eigenvalue weighted by Crippen LogP contribution is 2.20. The molecular weight excluding hydrogens is 262 g/mol. The molecule has 0 radical (unpaired) electrons. The van der Waals surface area contributed by atoms with Crippen molar-refractivity contribution in [3.63, 3.8) is 0 Å². The van der Waals surface area contributed by atoms with E-state index in [9.17, 15) is 4.79 Å². The Morgan fingerprint density at radius 3 is 2.81 bits per heavy atom. The third-order valence-electron chi connectivity index (χ3n) is 4.45. The van der Waals surface area contributed by atoms with E-state index in [1.165, 1.54) is 25.0 Å². The first-order chi connectivity index (χ1) is 10.1. The summed E-state index contributed by atoms with van der Waals surface area (Å²) in [5.41, 5.74) is 1.21. The van der Waals surface area contributed by atoms with Crippen LogP contribution in [0.2, 0.25) is 0 Å². The highest BCUT2D eigenvalue weighted by molar-refractivity contribution is 5.79. The highest BCUT2D eigenvalue weighted by Gasteiger charge is 2.23. The van der Waals surface area contributed by atoms with Crippen LogP contribution < -0.4 is 5.32 Å². The number of nitrogens with zero attached hydrogens (tertiary/aromatic N) is 2. The molecule has 1 saturated heterocycles. The van der Waals surface area contributed by atoms with E-state index in [2.05, 4.69) is 30.1 Å². The lowest BCUT2D eigenvalue weighted by atomic mass is 10.1. The molecule has 0 aromatic heterocycles. The first-order valence-electron chi connectivity index (χ1n) is 8.47. The van der Waals surface area contributed by atoms with Crippen molar-refractivity contribution in [1.82, 2.24) is 15.1 Å². The van der Waals surface area contributed by atoms with Crippen LogP contribution in [0, 0.1) is 5.92 Å². The molecule has 2 rings (SSSR count). The van der Waals surface area contributed by atoms with Crippen molar-refractivity contribution in [2.45, 2.75) is 52.0 Å². The summed E-state index contributed by atoms with van der Waals surface area (Å²) in [4.78, 5) is 16.7. The average Bonchev–Trinajstić information content (AvgIpc) is 3.09. The fourth-order valence-corrected chi connectivity index (χ4v) is 3.36. The first kappa shape index (κ1) is 16.5. The van der Waals surface area contributed by atoms with Gasteiger partial charge in [-0.1, -0.05) is 19.9 Å². The summed E-state index contributed by atoms with van der Waals surface area (Å²) in [6.07, 6.45) is 8.08. The molecule has 4 heteroatoms. The molecule has 120 valence electrons. The summed E-state index contributed by atoms with van der Waals surface area (Å²) < 4.78 is 0. The highest BCUT2D eigenvalue weighted by atomic mass is 16.2. The summed E-state index contributed by atoms with van der Waals surface area (Å²) in [6, 6.07) is 0.563. The number of likely N-dealkylation sites (N-methyl/N-ethyl adjacent to an activating group) is 1. The summed E-state index contributed by atoms with van der Waals surface area (Å²) in [5, 5.41) is 3.54. The van der Waals surface area contributed by atoms with Gasteiger partial charge in [-0.05, 0) is 44.6 Å². The summed E-state index contributed by atoms with van der Waals surface area (Å²) in [6.45, 7) is 8.12. The molecular formula is C17H31N3O. The predicted molar refractivity (Wildman–Crippen MR) is 87.0 cm³/mol. The van der Waals surface area contributed by atoms with E-state index in [0.29, 0.717) is 18.5 Å². The summed E-state index contributed by atoms with van der Waals surface area (Å²) in [7, 11) is 1.93. The second-order valence-corrected chi connectivity index (χ2v) is 6.92. The molecule has 1 aliphatic heterocycles. The van der Waals surface area contributed by atoms with Gasteiger partial charge in [0.05, 0.1) is 6.54 Å². The van der Waals surface area contributed by atoms with Gasteiger partial charge in [-0.3, -0.25) is 9.69 Å². The van der Waals surface area contributed by atoms with Crippen molar-refractivity contribution < 1.29 is 4.79 Å². The number of carbonyl (C=O) groups excluding carboxylic acids is 1. The molecule has 4 nitrogen and oxygen atoms in total. The zero-order valence-electron chi connectivity index (χ0n) is 13.9. The lowest BCUT2D eigenvalue weighted by molar-refractivity contribution is -0.129. The zero-order chi connectivity index (χ0) is 15.2. The van der Waals surface area contributed by atoms with Gasteiger partial charge in [-0.15, -0.1) is 0 Å². The molecule has 1 N–H and O–H groups in total. The average molecular weight is 293 g/mol. The first-order valence-corrected chi connectivity index (χ1v) is 8.47. The Labute approximate surface area is 129 Å². The number of hydrogen-bond acceptors (Lipinski definition) is 3. The van der Waals surface area contributed by atoms with Crippen molar-refractivity contribution in [2.24, 2.45) is 5.92 Å². The minimum Gasteiger partial charge on any atom is -0.318 e. The summed E-state index contributed by atoms with van der Waals surface area (Å²) in [5.74, 6) is 0.831. The van der Waals surface area contributed by atoms with E-state index in [4.69, 9.17) is 0 Å². The van der Waals surface area contributed by atoms with Gasteiger partial charge in [0.1, 0.15) is 0 Å². The van der Waals surface area contributed by atoms with Crippen LogP contribution in [0.3, 0.4) is 0 Å². The fraction of sp³-hybridized carbons (Fsp3) is 0.824. The van der Waals surface area contributed by atoms with E-state index in [-0.39, 0.29) is 5.91 Å². The van der Waals surface area contributed by atoms with Gasteiger partial charge in [0.25, 0.3) is 0 Å². The SMILES string of the molecule is CC(C)CN(CC(=O)N(C)C1=CCCC1)CC1CCCN1. The van der Waals surface area contributed by atoms with Gasteiger partial charge in [0.2, 0.25) is 5.91 Å². The van der Waals surface area contributed by atoms with E-state index >= 15 is 0 Å². The van der Waals surface area contributed by atoms with E-state index in [0.717, 1.165) is 32.5 Å². The van der Waals surface area contributed by atoms with Gasteiger partial charge >= 0.3 is 0 Å². The quantitative estimate of drug-likeness (QED) is 0.782. The second kappa shape index (κ2) is 7.95. The molecule has 1 amide bonds. The minimum atomic E-state index is 0.238. The molecule has 1 heterocycles. The number of carbonyl (C=O) groups is 1. The number of rotatable bonds is 7. The fourth-order valence-electron chi connectivity index (χ4n) is 3.36. The molecule has 0 saturated carbocycles. The maximum atomic E-state index is 12.5. The van der Waals surface area contributed by atoms with Gasteiger partial charge in [-0.25, -0.2) is 0 Å². The van der Waals surface area contributed by atoms with E-state index < -0.39 is 0 Å². The van der Waals surface area contributed by atoms with Gasteiger partial charge in [0, 0.05) is 31.9 Å². The standard InChI is InChI=1S/C17H31N3O/c1-14(2)11-20(12-15-7-6-10-18-15)13-17(21)19(3)16-8-4-5-9-16/h8,14-15,18H,4-7,9-13H2,1-3H3. The molecule has 21 heavy (non-hydrogen) atoms. The number of amides is 1. The Balaban J connectivity index is 1.88. The van der Waals surface area contributed by atoms with Crippen LogP contribution >= 0.6 is 0 Å². The predicted octanol–water partition coefficient (Wildman–Crippen LogP) is 2.22. The number of hydrogen-bond donors (Lipinski definition) is 1. The molecule has 1 unspecified atom stereocenters. The van der Waals surface area contributed by atoms with Gasteiger partial charge in [0.15, 0.2) is 0 Å². The van der Waals surface area contributed by atoms with E-state index in [1.807, 2.05) is 11.9 Å². The van der Waals surface area contributed by atoms with Crippen LogP contribution in [0.25, 0.3) is 0 Å². The Kier molecular flexibility index (Phi) is 6.24. The lowest BCUT2D eigenvalue weighted by Crippen LogP contribution is -2.44. The Morgan fingerprint density at radius 2 is 2.24 bits per heavy atom. The van der Waals surface area contributed by atoms with Gasteiger partial charge in [-0.2, -0.15) is 0 Å². The molecule has 0 spiro atoms. The van der Waals surface area contributed by atoms with Crippen molar-refractivity contribution in [1.29, 1.82) is 0 Å². The van der Waals surface area contributed by atoms with E-state index in [1.54, 1.807) is 0 Å². The molecule has 0 bridgehead atoms. The van der Waals surface area contributed by atoms with Crippen LogP contribution in [0.4, 0.5) is 0 Å². The van der Waals surface area contributed by atoms with Crippen LogP contribution in [0.15, 0.2) is 11.8 Å². The normalized spacial score (nSPS) is 22.1. The maximum absolute atomic E-state index is 12.5.